The molecule has 1 fully saturated rings. The quantitative estimate of drug-likeness (QED) is 0.609. The van der Waals surface area contributed by atoms with E-state index < -0.39 is 6.04 Å². The molecular weight excluding hydrogens is 416 g/mol. The number of carbonyl (C=O) groups excluding carboxylic acids is 1. The van der Waals surface area contributed by atoms with Crippen LogP contribution in [0.25, 0.3) is 11.1 Å². The molecule has 7 heteroatoms. The van der Waals surface area contributed by atoms with Crippen molar-refractivity contribution in [2.24, 2.45) is 11.8 Å². The van der Waals surface area contributed by atoms with Crippen molar-refractivity contribution in [2.45, 2.75) is 32.1 Å². The molecule has 2 aliphatic rings. The minimum absolute atomic E-state index is 0.0216. The largest absolute Gasteiger partial charge is 0.396 e. The van der Waals surface area contributed by atoms with Gasteiger partial charge in [-0.15, -0.1) is 0 Å². The fraction of sp³-hybridized carbons (Fsp3) is 0.346. The van der Waals surface area contributed by atoms with Gasteiger partial charge in [0.05, 0.1) is 12.1 Å². The SMILES string of the molecule is CCNC(=O)[C@H]1[C@H](CO)[C@H]2Cn3c(ccc(-c4ccncc4)c3=O)[C@H]2N1Cc1ccccc1. The van der Waals surface area contributed by atoms with Crippen molar-refractivity contribution in [3.05, 3.63) is 88.6 Å². The van der Waals surface area contributed by atoms with Crippen molar-refractivity contribution in [3.8, 4) is 11.1 Å². The van der Waals surface area contributed by atoms with Gasteiger partial charge in [-0.25, -0.2) is 0 Å². The van der Waals surface area contributed by atoms with E-state index in [-0.39, 0.29) is 36.0 Å². The predicted octanol–water partition coefficient (Wildman–Crippen LogP) is 2.21. The lowest BCUT2D eigenvalue weighted by molar-refractivity contribution is -0.127. The Kier molecular flexibility index (Phi) is 5.83. The van der Waals surface area contributed by atoms with Crippen molar-refractivity contribution in [1.82, 2.24) is 19.8 Å². The second-order valence-corrected chi connectivity index (χ2v) is 8.78. The molecule has 0 spiro atoms. The van der Waals surface area contributed by atoms with E-state index >= 15 is 0 Å². The Balaban J connectivity index is 1.59. The van der Waals surface area contributed by atoms with Crippen molar-refractivity contribution in [2.75, 3.05) is 13.2 Å². The number of hydrogen-bond donors (Lipinski definition) is 2. The molecule has 4 heterocycles. The van der Waals surface area contributed by atoms with Crippen molar-refractivity contribution in [3.63, 3.8) is 0 Å². The first-order valence-electron chi connectivity index (χ1n) is 11.5. The smallest absolute Gasteiger partial charge is 0.258 e. The van der Waals surface area contributed by atoms with E-state index in [0.29, 0.717) is 25.2 Å². The summed E-state index contributed by atoms with van der Waals surface area (Å²) in [6, 6.07) is 17.0. The summed E-state index contributed by atoms with van der Waals surface area (Å²) in [4.78, 5) is 32.8. The molecule has 4 atom stereocenters. The van der Waals surface area contributed by atoms with Gasteiger partial charge in [0.15, 0.2) is 0 Å². The lowest BCUT2D eigenvalue weighted by Gasteiger charge is -2.30. The van der Waals surface area contributed by atoms with Crippen LogP contribution in [-0.4, -0.2) is 44.7 Å². The maximum absolute atomic E-state index is 13.5. The number of likely N-dealkylation sites (N-methyl/N-ethyl adjacent to an activating group) is 1. The topological polar surface area (TPSA) is 87.5 Å². The summed E-state index contributed by atoms with van der Waals surface area (Å²) in [6.45, 7) is 3.39. The Morgan fingerprint density at radius 3 is 2.58 bits per heavy atom. The maximum atomic E-state index is 13.5. The van der Waals surface area contributed by atoms with Crippen molar-refractivity contribution < 1.29 is 9.90 Å². The van der Waals surface area contributed by atoms with E-state index in [4.69, 9.17) is 0 Å². The molecule has 0 radical (unpaired) electrons. The minimum Gasteiger partial charge on any atom is -0.396 e. The number of nitrogens with zero attached hydrogens (tertiary/aromatic N) is 3. The molecule has 0 saturated carbocycles. The fourth-order valence-electron chi connectivity index (χ4n) is 5.61. The van der Waals surface area contributed by atoms with Crippen LogP contribution in [0.3, 0.4) is 0 Å². The maximum Gasteiger partial charge on any atom is 0.258 e. The van der Waals surface area contributed by atoms with Crippen LogP contribution in [0.4, 0.5) is 0 Å². The Morgan fingerprint density at radius 2 is 1.88 bits per heavy atom. The zero-order valence-electron chi connectivity index (χ0n) is 18.6. The molecular formula is C26H28N4O3. The third kappa shape index (κ3) is 3.67. The van der Waals surface area contributed by atoms with Crippen molar-refractivity contribution in [1.29, 1.82) is 0 Å². The average molecular weight is 445 g/mol. The highest BCUT2D eigenvalue weighted by Crippen LogP contribution is 2.49. The molecule has 2 aromatic heterocycles. The third-order valence-electron chi connectivity index (χ3n) is 7.01. The van der Waals surface area contributed by atoms with Crippen LogP contribution < -0.4 is 10.9 Å². The molecule has 170 valence electrons. The van der Waals surface area contributed by atoms with Gasteiger partial charge in [0, 0.05) is 61.7 Å². The Bertz CT molecular complexity index is 1200. The van der Waals surface area contributed by atoms with Crippen LogP contribution in [0.5, 0.6) is 0 Å². The monoisotopic (exact) mass is 444 g/mol. The number of nitrogens with one attached hydrogen (secondary N) is 1. The molecule has 2 N–H and O–H groups in total. The van der Waals surface area contributed by atoms with E-state index in [9.17, 15) is 14.7 Å². The molecule has 5 rings (SSSR count). The van der Waals surface area contributed by atoms with Gasteiger partial charge < -0.3 is 15.0 Å². The molecule has 0 unspecified atom stereocenters. The second-order valence-electron chi connectivity index (χ2n) is 8.78. The number of hydrogen-bond acceptors (Lipinski definition) is 5. The summed E-state index contributed by atoms with van der Waals surface area (Å²) < 4.78 is 1.83. The predicted molar refractivity (Wildman–Crippen MR) is 125 cm³/mol. The van der Waals surface area contributed by atoms with Gasteiger partial charge in [-0.3, -0.25) is 19.5 Å². The van der Waals surface area contributed by atoms with E-state index in [1.807, 2.05) is 66.1 Å². The normalized spacial score (nSPS) is 23.8. The van der Waals surface area contributed by atoms with Gasteiger partial charge in [0.25, 0.3) is 5.56 Å². The van der Waals surface area contributed by atoms with Crippen LogP contribution in [0.15, 0.2) is 71.8 Å². The number of aliphatic hydroxyl groups is 1. The summed E-state index contributed by atoms with van der Waals surface area (Å²) >= 11 is 0. The number of amides is 1. The standard InChI is InChI=1S/C26H28N4O3/c1-2-28-25(32)24-21(16-31)20-15-29-22(23(20)30(24)14-17-6-4-3-5-7-17)9-8-19(26(29)33)18-10-12-27-13-11-18/h3-13,20-21,23-24,31H,2,14-16H2,1H3,(H,28,32)/t20-,21-,23+,24-/m1/s1. The Labute approximate surface area is 192 Å². The summed E-state index contributed by atoms with van der Waals surface area (Å²) in [5.41, 5.74) is 3.43. The third-order valence-corrected chi connectivity index (χ3v) is 7.01. The van der Waals surface area contributed by atoms with Crippen LogP contribution in [0.1, 0.15) is 24.2 Å². The first kappa shape index (κ1) is 21.6. The Morgan fingerprint density at radius 1 is 1.12 bits per heavy atom. The number of carbonyl (C=O) groups is 1. The Hall–Kier alpha value is -3.29. The molecule has 1 amide bonds. The van der Waals surface area contributed by atoms with E-state index in [1.54, 1.807) is 12.4 Å². The van der Waals surface area contributed by atoms with E-state index in [0.717, 1.165) is 16.8 Å². The zero-order chi connectivity index (χ0) is 22.9. The van der Waals surface area contributed by atoms with Crippen molar-refractivity contribution >= 4 is 5.91 Å². The second kappa shape index (κ2) is 8.92. The molecule has 0 bridgehead atoms. The average Bonchev–Trinajstić information content (AvgIpc) is 3.36. The first-order valence-corrected chi connectivity index (χ1v) is 11.5. The molecule has 1 aromatic carbocycles. The number of aliphatic hydroxyl groups excluding tert-OH is 1. The van der Waals surface area contributed by atoms with Crippen LogP contribution in [-0.2, 0) is 17.9 Å². The molecule has 3 aromatic rings. The van der Waals surface area contributed by atoms with Gasteiger partial charge in [-0.1, -0.05) is 30.3 Å². The molecule has 33 heavy (non-hydrogen) atoms. The molecule has 0 aliphatic carbocycles. The summed E-state index contributed by atoms with van der Waals surface area (Å²) in [6.07, 6.45) is 3.36. The highest BCUT2D eigenvalue weighted by Gasteiger charge is 2.55. The van der Waals surface area contributed by atoms with Crippen LogP contribution in [0, 0.1) is 11.8 Å². The lowest BCUT2D eigenvalue weighted by Crippen LogP contribution is -2.48. The van der Waals surface area contributed by atoms with Gasteiger partial charge in [0.1, 0.15) is 0 Å². The lowest BCUT2D eigenvalue weighted by atomic mass is 9.88. The highest BCUT2D eigenvalue weighted by atomic mass is 16.3. The van der Waals surface area contributed by atoms with Gasteiger partial charge in [-0.05, 0) is 42.3 Å². The summed E-state index contributed by atoms with van der Waals surface area (Å²) in [7, 11) is 0. The van der Waals surface area contributed by atoms with Crippen LogP contribution in [0.2, 0.25) is 0 Å². The number of aromatic nitrogens is 2. The highest BCUT2D eigenvalue weighted by molar-refractivity contribution is 5.82. The minimum atomic E-state index is -0.450. The molecule has 2 aliphatic heterocycles. The van der Waals surface area contributed by atoms with Gasteiger partial charge >= 0.3 is 0 Å². The summed E-state index contributed by atoms with van der Waals surface area (Å²) in [5.74, 6) is -0.343. The van der Waals surface area contributed by atoms with E-state index in [1.165, 1.54) is 0 Å². The zero-order valence-corrected chi connectivity index (χ0v) is 18.6. The van der Waals surface area contributed by atoms with Crippen LogP contribution >= 0.6 is 0 Å². The molecule has 7 nitrogen and oxygen atoms in total. The number of fused-ring (bicyclic) bond motifs is 3. The number of likely N-dealkylation sites (tertiary alicyclic amines) is 1. The first-order chi connectivity index (χ1) is 16.1. The number of rotatable bonds is 6. The molecule has 1 saturated heterocycles. The fourth-order valence-corrected chi connectivity index (χ4v) is 5.61. The summed E-state index contributed by atoms with van der Waals surface area (Å²) in [5, 5.41) is 13.3. The number of pyridine rings is 2. The van der Waals surface area contributed by atoms with Gasteiger partial charge in [0.2, 0.25) is 5.91 Å². The van der Waals surface area contributed by atoms with Gasteiger partial charge in [-0.2, -0.15) is 0 Å². The number of benzene rings is 1. The van der Waals surface area contributed by atoms with E-state index in [2.05, 4.69) is 15.2 Å².